The third kappa shape index (κ3) is 3.86. The highest BCUT2D eigenvalue weighted by Crippen LogP contribution is 2.32. The number of ether oxygens (including phenoxy) is 1. The van der Waals surface area contributed by atoms with Gasteiger partial charge >= 0.3 is 6.09 Å². The summed E-state index contributed by atoms with van der Waals surface area (Å²) < 4.78 is 5.80. The Morgan fingerprint density at radius 2 is 1.96 bits per heavy atom. The van der Waals surface area contributed by atoms with Crippen LogP contribution in [-0.4, -0.2) is 27.7 Å². The van der Waals surface area contributed by atoms with Gasteiger partial charge in [0.25, 0.3) is 5.69 Å². The highest BCUT2D eigenvalue weighted by atomic mass is 16.6. The van der Waals surface area contributed by atoms with Gasteiger partial charge in [-0.05, 0) is 29.8 Å². The first kappa shape index (κ1) is 17.2. The van der Waals surface area contributed by atoms with E-state index in [1.54, 1.807) is 42.5 Å². The van der Waals surface area contributed by atoms with Crippen molar-refractivity contribution < 1.29 is 19.6 Å². The average molecular weight is 353 g/mol. The molecule has 1 heterocycles. The minimum absolute atomic E-state index is 0.0338. The number of fused-ring (bicyclic) bond motifs is 1. The Morgan fingerprint density at radius 1 is 1.19 bits per heavy atom. The van der Waals surface area contributed by atoms with Gasteiger partial charge in [-0.3, -0.25) is 15.4 Å². The summed E-state index contributed by atoms with van der Waals surface area (Å²) in [6, 6.07) is 13.4. The number of amides is 1. The fraction of sp³-hybridized carbons (Fsp3) is 0.111. The number of nitro benzene ring substituents is 1. The molecule has 0 aliphatic rings. The van der Waals surface area contributed by atoms with Crippen LogP contribution >= 0.6 is 0 Å². The molecule has 2 N–H and O–H groups in total. The van der Waals surface area contributed by atoms with E-state index in [4.69, 9.17) is 9.84 Å². The van der Waals surface area contributed by atoms with Gasteiger partial charge in [-0.15, -0.1) is 0 Å². The third-order valence-corrected chi connectivity index (χ3v) is 3.77. The van der Waals surface area contributed by atoms with Crippen LogP contribution < -0.4 is 10.1 Å². The van der Waals surface area contributed by atoms with E-state index in [0.717, 1.165) is 5.56 Å². The van der Waals surface area contributed by atoms with Gasteiger partial charge in [0.1, 0.15) is 11.6 Å². The number of non-ortho nitro benzene ring substituents is 1. The van der Waals surface area contributed by atoms with Gasteiger partial charge in [0.15, 0.2) is 0 Å². The first-order valence-electron chi connectivity index (χ1n) is 7.78. The first-order chi connectivity index (χ1) is 12.5. The van der Waals surface area contributed by atoms with Gasteiger partial charge in [-0.25, -0.2) is 9.78 Å². The summed E-state index contributed by atoms with van der Waals surface area (Å²) in [5.74, 6) is 0.805. The summed E-state index contributed by atoms with van der Waals surface area (Å²) in [6.45, 7) is 0.332. The van der Waals surface area contributed by atoms with Crippen LogP contribution in [0.25, 0.3) is 10.8 Å². The zero-order valence-electron chi connectivity index (χ0n) is 13.6. The van der Waals surface area contributed by atoms with E-state index in [1.807, 2.05) is 0 Å². The number of pyridine rings is 1. The molecule has 0 aliphatic carbocycles. The van der Waals surface area contributed by atoms with Gasteiger partial charge < -0.3 is 9.84 Å². The summed E-state index contributed by atoms with van der Waals surface area (Å²) >= 11 is 0. The van der Waals surface area contributed by atoms with E-state index >= 15 is 0 Å². The molecule has 0 spiro atoms. The monoisotopic (exact) mass is 353 g/mol. The Balaban J connectivity index is 1.74. The van der Waals surface area contributed by atoms with Crippen LogP contribution in [0.15, 0.2) is 54.7 Å². The lowest BCUT2D eigenvalue weighted by atomic mass is 10.1. The molecule has 0 fully saturated rings. The number of hydrogen-bond acceptors (Lipinski definition) is 5. The normalized spacial score (nSPS) is 10.5. The number of hydrogen-bond donors (Lipinski definition) is 2. The summed E-state index contributed by atoms with van der Waals surface area (Å²) in [6.07, 6.45) is 0.868. The smallest absolute Gasteiger partial charge is 0.410 e. The molecule has 0 saturated heterocycles. The predicted molar refractivity (Wildman–Crippen MR) is 95.7 cm³/mol. The fourth-order valence-electron chi connectivity index (χ4n) is 2.63. The number of nitrogens with zero attached hydrogens (tertiary/aromatic N) is 2. The summed E-state index contributed by atoms with van der Waals surface area (Å²) in [7, 11) is 0. The number of aromatic nitrogens is 1. The number of nitrogens with one attached hydrogen (secondary N) is 1. The molecule has 0 radical (unpaired) electrons. The SMILES string of the molecule is O=C(O)Nc1cc(CCOc2ccc([N+](=O)[O-])c3ccccc23)ccn1. The van der Waals surface area contributed by atoms with Crippen molar-refractivity contribution in [1.82, 2.24) is 4.98 Å². The van der Waals surface area contributed by atoms with Crippen LogP contribution in [0.4, 0.5) is 16.3 Å². The number of nitro groups is 1. The molecule has 0 aliphatic heterocycles. The van der Waals surface area contributed by atoms with E-state index in [1.165, 1.54) is 12.3 Å². The molecule has 2 aromatic carbocycles. The van der Waals surface area contributed by atoms with Gasteiger partial charge in [0.05, 0.1) is 16.9 Å². The molecule has 0 unspecified atom stereocenters. The minimum atomic E-state index is -1.18. The van der Waals surface area contributed by atoms with Crippen LogP contribution in [0.5, 0.6) is 5.75 Å². The quantitative estimate of drug-likeness (QED) is 0.514. The largest absolute Gasteiger partial charge is 0.493 e. The van der Waals surface area contributed by atoms with Crippen LogP contribution in [0.1, 0.15) is 5.56 Å². The second-order valence-electron chi connectivity index (χ2n) is 5.46. The summed E-state index contributed by atoms with van der Waals surface area (Å²) in [5.41, 5.74) is 0.890. The van der Waals surface area contributed by atoms with Gasteiger partial charge in [-0.2, -0.15) is 0 Å². The van der Waals surface area contributed by atoms with Crippen molar-refractivity contribution in [2.45, 2.75) is 6.42 Å². The van der Waals surface area contributed by atoms with Crippen LogP contribution in [-0.2, 0) is 6.42 Å². The maximum absolute atomic E-state index is 11.1. The van der Waals surface area contributed by atoms with E-state index in [2.05, 4.69) is 10.3 Å². The zero-order valence-corrected chi connectivity index (χ0v) is 13.6. The maximum Gasteiger partial charge on any atom is 0.410 e. The molecule has 8 nitrogen and oxygen atoms in total. The zero-order chi connectivity index (χ0) is 18.5. The lowest BCUT2D eigenvalue weighted by molar-refractivity contribution is -0.383. The molecule has 132 valence electrons. The fourth-order valence-corrected chi connectivity index (χ4v) is 2.63. The molecule has 1 amide bonds. The maximum atomic E-state index is 11.1. The Morgan fingerprint density at radius 3 is 2.69 bits per heavy atom. The van der Waals surface area contributed by atoms with Crippen LogP contribution in [0.2, 0.25) is 0 Å². The molecular weight excluding hydrogens is 338 g/mol. The predicted octanol–water partition coefficient (Wildman–Crippen LogP) is 3.85. The van der Waals surface area contributed by atoms with Gasteiger partial charge in [-0.1, -0.05) is 18.2 Å². The van der Waals surface area contributed by atoms with Crippen molar-refractivity contribution >= 4 is 28.4 Å². The lowest BCUT2D eigenvalue weighted by Crippen LogP contribution is -2.09. The molecule has 3 aromatic rings. The average Bonchev–Trinajstić information content (AvgIpc) is 2.61. The minimum Gasteiger partial charge on any atom is -0.493 e. The van der Waals surface area contributed by atoms with E-state index in [-0.39, 0.29) is 11.5 Å². The molecule has 1 aromatic heterocycles. The molecule has 0 bridgehead atoms. The molecule has 3 rings (SSSR count). The Hall–Kier alpha value is -3.68. The Kier molecular flexibility index (Phi) is 4.93. The molecule has 26 heavy (non-hydrogen) atoms. The van der Waals surface area contributed by atoms with Crippen molar-refractivity contribution in [3.63, 3.8) is 0 Å². The van der Waals surface area contributed by atoms with Crippen molar-refractivity contribution in [1.29, 1.82) is 0 Å². The second-order valence-corrected chi connectivity index (χ2v) is 5.46. The first-order valence-corrected chi connectivity index (χ1v) is 7.78. The number of anilines is 1. The number of benzene rings is 2. The van der Waals surface area contributed by atoms with Crippen LogP contribution in [0.3, 0.4) is 0 Å². The summed E-state index contributed by atoms with van der Waals surface area (Å²) in [5, 5.41) is 23.3. The van der Waals surface area contributed by atoms with Crippen molar-refractivity contribution in [3.05, 3.63) is 70.4 Å². The molecule has 8 heteroatoms. The summed E-state index contributed by atoms with van der Waals surface area (Å²) in [4.78, 5) is 25.3. The van der Waals surface area contributed by atoms with Crippen molar-refractivity contribution in [2.75, 3.05) is 11.9 Å². The van der Waals surface area contributed by atoms with E-state index in [9.17, 15) is 14.9 Å². The second kappa shape index (κ2) is 7.47. The number of rotatable bonds is 6. The Bertz CT molecular complexity index is 974. The van der Waals surface area contributed by atoms with Crippen molar-refractivity contribution in [2.24, 2.45) is 0 Å². The standard InChI is InChI=1S/C18H15N3O5/c22-18(23)20-17-11-12(7-9-19-17)8-10-26-16-6-5-15(21(24)25)13-3-1-2-4-14(13)16/h1-7,9,11H,8,10H2,(H,19,20)(H,22,23). The van der Waals surface area contributed by atoms with Gasteiger partial charge in [0, 0.05) is 24.1 Å². The van der Waals surface area contributed by atoms with Crippen molar-refractivity contribution in [3.8, 4) is 5.75 Å². The molecular formula is C18H15N3O5. The third-order valence-electron chi connectivity index (χ3n) is 3.77. The van der Waals surface area contributed by atoms with Gasteiger partial charge in [0.2, 0.25) is 0 Å². The topological polar surface area (TPSA) is 115 Å². The highest BCUT2D eigenvalue weighted by Gasteiger charge is 2.14. The highest BCUT2D eigenvalue weighted by molar-refractivity contribution is 5.95. The molecule has 0 saturated carbocycles. The van der Waals surface area contributed by atoms with Crippen LogP contribution in [0, 0.1) is 10.1 Å². The molecule has 0 atom stereocenters. The van der Waals surface area contributed by atoms with E-state index < -0.39 is 11.0 Å². The Labute approximate surface area is 148 Å². The van der Waals surface area contributed by atoms with E-state index in [0.29, 0.717) is 29.5 Å². The lowest BCUT2D eigenvalue weighted by Gasteiger charge is -2.10. The number of carbonyl (C=O) groups is 1. The number of carboxylic acid groups (broad SMARTS) is 1.